The number of amides is 2. The Morgan fingerprint density at radius 3 is 2.68 bits per heavy atom. The zero-order chi connectivity index (χ0) is 14.4. The predicted molar refractivity (Wildman–Crippen MR) is 73.1 cm³/mol. The highest BCUT2D eigenvalue weighted by molar-refractivity contribution is 5.82. The van der Waals surface area contributed by atoms with Gasteiger partial charge in [-0.25, -0.2) is 9.59 Å². The molecule has 6 nitrogen and oxygen atoms in total. The van der Waals surface area contributed by atoms with Gasteiger partial charge in [-0.2, -0.15) is 0 Å². The second kappa shape index (κ2) is 7.33. The molecule has 0 bridgehead atoms. The molecule has 110 valence electrons. The first-order valence-corrected chi connectivity index (χ1v) is 6.92. The molecule has 1 aliphatic rings. The largest absolute Gasteiger partial charge is 0.480 e. The number of hydrogen-bond acceptors (Lipinski definition) is 3. The van der Waals surface area contributed by atoms with E-state index < -0.39 is 12.0 Å². The first kappa shape index (κ1) is 15.8. The molecule has 0 aromatic heterocycles. The zero-order valence-corrected chi connectivity index (χ0v) is 12.0. The number of carboxylic acids is 1. The van der Waals surface area contributed by atoms with Gasteiger partial charge in [0.1, 0.15) is 6.04 Å². The van der Waals surface area contributed by atoms with Gasteiger partial charge >= 0.3 is 12.0 Å². The number of piperidine rings is 1. The van der Waals surface area contributed by atoms with E-state index in [0.717, 1.165) is 25.9 Å². The number of hydrogen-bond donors (Lipinski definition) is 3. The van der Waals surface area contributed by atoms with Crippen LogP contribution in [0.15, 0.2) is 0 Å². The zero-order valence-electron chi connectivity index (χ0n) is 12.0. The maximum Gasteiger partial charge on any atom is 0.326 e. The standard InChI is InChI=1S/C13H25N3O3/c1-4-9(2)11(12(17)18)15-13(19)14-10-6-5-7-16(3)8-10/h9-11H,4-8H2,1-3H3,(H,17,18)(H2,14,15,19)/t9-,10?,11-/m0/s1. The summed E-state index contributed by atoms with van der Waals surface area (Å²) in [6.45, 7) is 5.60. The average molecular weight is 271 g/mol. The van der Waals surface area contributed by atoms with Crippen LogP contribution >= 0.6 is 0 Å². The summed E-state index contributed by atoms with van der Waals surface area (Å²) in [6, 6.07) is -1.11. The van der Waals surface area contributed by atoms with Crippen LogP contribution in [0.2, 0.25) is 0 Å². The molecule has 1 saturated heterocycles. The van der Waals surface area contributed by atoms with Crippen LogP contribution < -0.4 is 10.6 Å². The van der Waals surface area contributed by atoms with Crippen molar-refractivity contribution in [1.29, 1.82) is 0 Å². The molecule has 0 saturated carbocycles. The number of likely N-dealkylation sites (tertiary alicyclic amines) is 1. The maximum atomic E-state index is 11.8. The maximum absolute atomic E-state index is 11.8. The number of aliphatic carboxylic acids is 1. The van der Waals surface area contributed by atoms with Crippen molar-refractivity contribution in [2.24, 2.45) is 5.92 Å². The molecule has 0 aromatic carbocycles. The molecule has 1 unspecified atom stereocenters. The Bertz CT molecular complexity index is 322. The summed E-state index contributed by atoms with van der Waals surface area (Å²) >= 11 is 0. The smallest absolute Gasteiger partial charge is 0.326 e. The lowest BCUT2D eigenvalue weighted by atomic mass is 9.99. The minimum absolute atomic E-state index is 0.0859. The van der Waals surface area contributed by atoms with Crippen LogP contribution in [0.25, 0.3) is 0 Å². The van der Waals surface area contributed by atoms with Crippen molar-refractivity contribution in [2.75, 3.05) is 20.1 Å². The lowest BCUT2D eigenvalue weighted by molar-refractivity contribution is -0.140. The van der Waals surface area contributed by atoms with Gasteiger partial charge in [-0.05, 0) is 32.4 Å². The van der Waals surface area contributed by atoms with Gasteiger partial charge in [0.05, 0.1) is 0 Å². The molecule has 0 aliphatic carbocycles. The van der Waals surface area contributed by atoms with Crippen LogP contribution in [0.5, 0.6) is 0 Å². The highest BCUT2D eigenvalue weighted by Gasteiger charge is 2.26. The number of rotatable bonds is 5. The van der Waals surface area contributed by atoms with Crippen molar-refractivity contribution in [1.82, 2.24) is 15.5 Å². The highest BCUT2D eigenvalue weighted by atomic mass is 16.4. The number of nitrogens with one attached hydrogen (secondary N) is 2. The molecule has 2 amide bonds. The Kier molecular flexibility index (Phi) is 6.08. The topological polar surface area (TPSA) is 81.7 Å². The summed E-state index contributed by atoms with van der Waals surface area (Å²) in [6.07, 6.45) is 2.71. The fourth-order valence-corrected chi connectivity index (χ4v) is 2.34. The Morgan fingerprint density at radius 1 is 1.47 bits per heavy atom. The minimum atomic E-state index is -0.981. The molecular weight excluding hydrogens is 246 g/mol. The molecule has 1 aliphatic heterocycles. The normalized spacial score (nSPS) is 23.4. The second-order valence-electron chi connectivity index (χ2n) is 5.42. The van der Waals surface area contributed by atoms with E-state index in [-0.39, 0.29) is 18.0 Å². The number of carboxylic acid groups (broad SMARTS) is 1. The van der Waals surface area contributed by atoms with Crippen molar-refractivity contribution >= 4 is 12.0 Å². The summed E-state index contributed by atoms with van der Waals surface area (Å²) in [5.41, 5.74) is 0. The fraction of sp³-hybridized carbons (Fsp3) is 0.846. The molecular formula is C13H25N3O3. The quantitative estimate of drug-likeness (QED) is 0.693. The summed E-state index contributed by atoms with van der Waals surface area (Å²) in [4.78, 5) is 25.1. The number of urea groups is 1. The van der Waals surface area contributed by atoms with Crippen LogP contribution in [0.1, 0.15) is 33.1 Å². The van der Waals surface area contributed by atoms with E-state index in [1.54, 1.807) is 0 Å². The van der Waals surface area contributed by atoms with E-state index in [1.165, 1.54) is 0 Å². The predicted octanol–water partition coefficient (Wildman–Crippen LogP) is 0.879. The van der Waals surface area contributed by atoms with Gasteiger partial charge in [-0.3, -0.25) is 0 Å². The Hall–Kier alpha value is -1.30. The number of likely N-dealkylation sites (N-methyl/N-ethyl adjacent to an activating group) is 1. The van der Waals surface area contributed by atoms with Crippen LogP contribution in [0, 0.1) is 5.92 Å². The van der Waals surface area contributed by atoms with E-state index in [2.05, 4.69) is 15.5 Å². The number of nitrogens with zero attached hydrogens (tertiary/aromatic N) is 1. The summed E-state index contributed by atoms with van der Waals surface area (Å²) in [5, 5.41) is 14.5. The first-order valence-electron chi connectivity index (χ1n) is 6.92. The van der Waals surface area contributed by atoms with Crippen molar-refractivity contribution in [3.63, 3.8) is 0 Å². The Morgan fingerprint density at radius 2 is 2.16 bits per heavy atom. The van der Waals surface area contributed by atoms with E-state index in [4.69, 9.17) is 5.11 Å². The molecule has 3 N–H and O–H groups in total. The third kappa shape index (κ3) is 5.06. The van der Waals surface area contributed by atoms with Crippen molar-refractivity contribution < 1.29 is 14.7 Å². The third-order valence-corrected chi connectivity index (χ3v) is 3.73. The monoisotopic (exact) mass is 271 g/mol. The van der Waals surface area contributed by atoms with E-state index >= 15 is 0 Å². The Balaban J connectivity index is 2.46. The highest BCUT2D eigenvalue weighted by Crippen LogP contribution is 2.09. The van der Waals surface area contributed by atoms with Gasteiger partial charge in [-0.15, -0.1) is 0 Å². The number of carbonyl (C=O) groups is 2. The Labute approximate surface area is 114 Å². The van der Waals surface area contributed by atoms with E-state index in [1.807, 2.05) is 20.9 Å². The van der Waals surface area contributed by atoms with E-state index in [9.17, 15) is 9.59 Å². The summed E-state index contributed by atoms with van der Waals surface area (Å²) in [7, 11) is 2.02. The molecule has 1 rings (SSSR count). The minimum Gasteiger partial charge on any atom is -0.480 e. The average Bonchev–Trinajstić information content (AvgIpc) is 2.34. The molecule has 19 heavy (non-hydrogen) atoms. The molecule has 0 aromatic rings. The molecule has 1 fully saturated rings. The van der Waals surface area contributed by atoms with Gasteiger partial charge in [0, 0.05) is 12.6 Å². The van der Waals surface area contributed by atoms with Crippen LogP contribution in [-0.4, -0.2) is 54.2 Å². The number of carbonyl (C=O) groups excluding carboxylic acids is 1. The fourth-order valence-electron chi connectivity index (χ4n) is 2.34. The van der Waals surface area contributed by atoms with Gasteiger partial charge in [0.25, 0.3) is 0 Å². The van der Waals surface area contributed by atoms with Crippen molar-refractivity contribution in [2.45, 2.75) is 45.2 Å². The third-order valence-electron chi connectivity index (χ3n) is 3.73. The van der Waals surface area contributed by atoms with Crippen LogP contribution in [-0.2, 0) is 4.79 Å². The summed E-state index contributed by atoms with van der Waals surface area (Å²) in [5.74, 6) is -1.07. The van der Waals surface area contributed by atoms with Crippen molar-refractivity contribution in [3.8, 4) is 0 Å². The van der Waals surface area contributed by atoms with Crippen molar-refractivity contribution in [3.05, 3.63) is 0 Å². The van der Waals surface area contributed by atoms with Gasteiger partial charge in [-0.1, -0.05) is 20.3 Å². The molecule has 3 atom stereocenters. The van der Waals surface area contributed by atoms with Crippen LogP contribution in [0.3, 0.4) is 0 Å². The molecule has 0 radical (unpaired) electrons. The lowest BCUT2D eigenvalue weighted by Gasteiger charge is -2.31. The molecule has 0 spiro atoms. The second-order valence-corrected chi connectivity index (χ2v) is 5.42. The van der Waals surface area contributed by atoms with Gasteiger partial charge in [0.2, 0.25) is 0 Å². The molecule has 1 heterocycles. The SMILES string of the molecule is CC[C@H](C)[C@H](NC(=O)NC1CCCN(C)C1)C(=O)O. The van der Waals surface area contributed by atoms with Crippen LogP contribution in [0.4, 0.5) is 4.79 Å². The van der Waals surface area contributed by atoms with Gasteiger partial charge in [0.15, 0.2) is 0 Å². The van der Waals surface area contributed by atoms with E-state index in [0.29, 0.717) is 6.42 Å². The molecule has 6 heteroatoms. The van der Waals surface area contributed by atoms with Gasteiger partial charge < -0.3 is 20.6 Å². The lowest BCUT2D eigenvalue weighted by Crippen LogP contribution is -2.54. The summed E-state index contributed by atoms with van der Waals surface area (Å²) < 4.78 is 0. The first-order chi connectivity index (χ1) is 8.93.